The lowest BCUT2D eigenvalue weighted by molar-refractivity contribution is 0.159. The fourth-order valence-electron chi connectivity index (χ4n) is 1.25. The summed E-state index contributed by atoms with van der Waals surface area (Å²) >= 11 is 0. The molecule has 4 nitrogen and oxygen atoms in total. The zero-order chi connectivity index (χ0) is 9.97. The fourth-order valence-corrected chi connectivity index (χ4v) is 1.25. The molecule has 1 aromatic rings. The number of ether oxygens (including phenoxy) is 1. The lowest BCUT2D eigenvalue weighted by atomic mass is 10.1. The third kappa shape index (κ3) is 1.35. The van der Waals surface area contributed by atoms with E-state index >= 15 is 0 Å². The zero-order valence-corrected chi connectivity index (χ0v) is 7.78. The molecule has 4 heteroatoms. The molecule has 0 aliphatic carbocycles. The average Bonchev–Trinajstić information content (AvgIpc) is 2.51. The predicted molar refractivity (Wildman–Crippen MR) is 53.0 cm³/mol. The van der Waals surface area contributed by atoms with E-state index in [-0.39, 0.29) is 5.90 Å². The highest BCUT2D eigenvalue weighted by atomic mass is 16.6. The van der Waals surface area contributed by atoms with Crippen LogP contribution >= 0.6 is 0 Å². The molecule has 1 aliphatic heterocycles. The first-order valence-electron chi connectivity index (χ1n) is 4.39. The summed E-state index contributed by atoms with van der Waals surface area (Å²) in [6.45, 7) is 2.33. The van der Waals surface area contributed by atoms with Crippen LogP contribution in [0.4, 0.5) is 0 Å². The molecule has 72 valence electrons. The minimum absolute atomic E-state index is 0.0413. The Morgan fingerprint density at radius 1 is 1.43 bits per heavy atom. The summed E-state index contributed by atoms with van der Waals surface area (Å²) in [6, 6.07) is 7.39. The van der Waals surface area contributed by atoms with Gasteiger partial charge in [-0.05, 0) is 19.1 Å². The molecule has 0 radical (unpaired) electrons. The van der Waals surface area contributed by atoms with Crippen molar-refractivity contribution >= 4 is 11.6 Å². The normalized spacial score (nSPS) is 16.6. The van der Waals surface area contributed by atoms with Crippen molar-refractivity contribution in [1.29, 1.82) is 5.41 Å². The van der Waals surface area contributed by atoms with Crippen molar-refractivity contribution in [3.63, 3.8) is 0 Å². The number of oxime groups is 1. The van der Waals surface area contributed by atoms with Crippen molar-refractivity contribution in [2.24, 2.45) is 5.16 Å². The molecule has 0 saturated carbocycles. The van der Waals surface area contributed by atoms with Crippen LogP contribution in [0.2, 0.25) is 0 Å². The number of nitrogens with zero attached hydrogens (tertiary/aromatic N) is 1. The number of hydrogen-bond acceptors (Lipinski definition) is 4. The van der Waals surface area contributed by atoms with E-state index < -0.39 is 0 Å². The van der Waals surface area contributed by atoms with Gasteiger partial charge in [-0.2, -0.15) is 0 Å². The first kappa shape index (κ1) is 8.74. The van der Waals surface area contributed by atoms with Gasteiger partial charge < -0.3 is 9.57 Å². The molecule has 1 aromatic carbocycles. The average molecular weight is 190 g/mol. The Morgan fingerprint density at radius 2 is 2.21 bits per heavy atom. The van der Waals surface area contributed by atoms with Crippen molar-refractivity contribution in [3.05, 3.63) is 29.8 Å². The van der Waals surface area contributed by atoms with E-state index in [1.807, 2.05) is 25.1 Å². The van der Waals surface area contributed by atoms with Crippen molar-refractivity contribution in [3.8, 4) is 5.75 Å². The highest BCUT2D eigenvalue weighted by Crippen LogP contribution is 2.25. The topological polar surface area (TPSA) is 54.7 Å². The maximum atomic E-state index is 7.54. The summed E-state index contributed by atoms with van der Waals surface area (Å²) in [4.78, 5) is 4.91. The molecule has 0 aromatic heterocycles. The van der Waals surface area contributed by atoms with Gasteiger partial charge in [0.25, 0.3) is 0 Å². The van der Waals surface area contributed by atoms with E-state index in [2.05, 4.69) is 5.16 Å². The Kier molecular flexibility index (Phi) is 2.18. The van der Waals surface area contributed by atoms with Gasteiger partial charge in [-0.3, -0.25) is 5.41 Å². The van der Waals surface area contributed by atoms with E-state index in [0.29, 0.717) is 18.1 Å². The van der Waals surface area contributed by atoms with Crippen LogP contribution in [0.5, 0.6) is 5.75 Å². The second kappa shape index (κ2) is 3.49. The Balaban J connectivity index is 2.39. The quantitative estimate of drug-likeness (QED) is 0.723. The number of para-hydroxylation sites is 1. The molecule has 0 saturated heterocycles. The zero-order valence-electron chi connectivity index (χ0n) is 7.78. The Hall–Kier alpha value is -1.84. The summed E-state index contributed by atoms with van der Waals surface area (Å²) < 4.78 is 5.19. The van der Waals surface area contributed by atoms with Crippen LogP contribution in [-0.2, 0) is 4.84 Å². The molecular weight excluding hydrogens is 180 g/mol. The second-order valence-electron chi connectivity index (χ2n) is 2.79. The van der Waals surface area contributed by atoms with Crippen LogP contribution in [0.25, 0.3) is 0 Å². The maximum absolute atomic E-state index is 7.54. The van der Waals surface area contributed by atoms with Crippen molar-refractivity contribution in [1.82, 2.24) is 0 Å². The Bertz CT molecular complexity index is 399. The minimum atomic E-state index is 0.0413. The fraction of sp³-hybridized carbons (Fsp3) is 0.200. The lowest BCUT2D eigenvalue weighted by Gasteiger charge is -1.95. The highest BCUT2D eigenvalue weighted by molar-refractivity contribution is 6.47. The molecule has 2 rings (SSSR count). The summed E-state index contributed by atoms with van der Waals surface area (Å²) in [5.41, 5.74) is 1.27. The van der Waals surface area contributed by atoms with Crippen LogP contribution in [-0.4, -0.2) is 18.2 Å². The molecule has 0 unspecified atom stereocenters. The van der Waals surface area contributed by atoms with Crippen molar-refractivity contribution < 1.29 is 9.57 Å². The van der Waals surface area contributed by atoms with Gasteiger partial charge in [-0.15, -0.1) is 0 Å². The van der Waals surface area contributed by atoms with Gasteiger partial charge in [0, 0.05) is 0 Å². The van der Waals surface area contributed by atoms with E-state index in [1.165, 1.54) is 0 Å². The number of nitrogens with one attached hydrogen (secondary N) is 1. The molecule has 0 atom stereocenters. The van der Waals surface area contributed by atoms with Crippen LogP contribution in [0.1, 0.15) is 12.5 Å². The largest absolute Gasteiger partial charge is 0.437 e. The van der Waals surface area contributed by atoms with E-state index in [4.69, 9.17) is 15.0 Å². The number of benzene rings is 1. The van der Waals surface area contributed by atoms with Gasteiger partial charge in [0.15, 0.2) is 5.71 Å². The number of fused-ring (bicyclic) bond motifs is 1. The van der Waals surface area contributed by atoms with Gasteiger partial charge >= 0.3 is 0 Å². The molecule has 0 amide bonds. The van der Waals surface area contributed by atoms with Crippen LogP contribution < -0.4 is 4.74 Å². The predicted octanol–water partition coefficient (Wildman–Crippen LogP) is 1.80. The van der Waals surface area contributed by atoms with Gasteiger partial charge in [-0.1, -0.05) is 17.3 Å². The molecular formula is C10H10N2O2. The van der Waals surface area contributed by atoms with Crippen LogP contribution in [0.15, 0.2) is 29.4 Å². The van der Waals surface area contributed by atoms with Gasteiger partial charge in [0.05, 0.1) is 5.56 Å². The smallest absolute Gasteiger partial charge is 0.242 e. The Morgan fingerprint density at radius 3 is 3.00 bits per heavy atom. The molecule has 1 N–H and O–H groups in total. The van der Waals surface area contributed by atoms with Crippen LogP contribution in [0, 0.1) is 5.41 Å². The van der Waals surface area contributed by atoms with Gasteiger partial charge in [0.2, 0.25) is 5.90 Å². The summed E-state index contributed by atoms with van der Waals surface area (Å²) in [7, 11) is 0. The Labute approximate surface area is 81.6 Å². The molecule has 0 spiro atoms. The van der Waals surface area contributed by atoms with E-state index in [9.17, 15) is 0 Å². The van der Waals surface area contributed by atoms with E-state index in [0.717, 1.165) is 5.56 Å². The molecule has 0 bridgehead atoms. The second-order valence-corrected chi connectivity index (χ2v) is 2.79. The van der Waals surface area contributed by atoms with Crippen molar-refractivity contribution in [2.45, 2.75) is 6.92 Å². The molecule has 14 heavy (non-hydrogen) atoms. The lowest BCUT2D eigenvalue weighted by Crippen LogP contribution is -2.12. The summed E-state index contributed by atoms with van der Waals surface area (Å²) in [5.74, 6) is 0.704. The van der Waals surface area contributed by atoms with Crippen LogP contribution in [0.3, 0.4) is 0 Å². The first-order valence-corrected chi connectivity index (χ1v) is 4.39. The van der Waals surface area contributed by atoms with E-state index in [1.54, 1.807) is 6.07 Å². The third-order valence-electron chi connectivity index (χ3n) is 1.85. The summed E-state index contributed by atoms with van der Waals surface area (Å²) in [5, 5.41) is 11.4. The standard InChI is InChI=1S/C10H10N2O2/c1-2-13-12-9-7-5-3-4-6-8(7)14-10(9)11/h3-6,11H,2H2,1H3/b11-10?,12-9+. The van der Waals surface area contributed by atoms with Gasteiger partial charge in [0.1, 0.15) is 12.4 Å². The highest BCUT2D eigenvalue weighted by Gasteiger charge is 2.25. The molecule has 0 fully saturated rings. The SMILES string of the molecule is CCO/N=C1/C(=N)Oc2ccccc21. The molecule has 1 aliphatic rings. The number of rotatable bonds is 2. The first-order chi connectivity index (χ1) is 6.83. The minimum Gasteiger partial charge on any atom is -0.437 e. The van der Waals surface area contributed by atoms with Gasteiger partial charge in [-0.25, -0.2) is 0 Å². The van der Waals surface area contributed by atoms with Crippen molar-refractivity contribution in [2.75, 3.05) is 6.61 Å². The maximum Gasteiger partial charge on any atom is 0.242 e. The third-order valence-corrected chi connectivity index (χ3v) is 1.85. The summed E-state index contributed by atoms with van der Waals surface area (Å²) in [6.07, 6.45) is 0. The number of hydrogen-bond donors (Lipinski definition) is 1. The molecule has 1 heterocycles. The monoisotopic (exact) mass is 190 g/mol.